The Kier molecular flexibility index (Phi) is 2.05. The Morgan fingerprint density at radius 1 is 1.50 bits per heavy atom. The number of hydrogen-bond acceptors (Lipinski definition) is 5. The summed E-state index contributed by atoms with van der Waals surface area (Å²) in [5, 5.41) is 3.67. The van der Waals surface area contributed by atoms with E-state index in [0.717, 1.165) is 4.88 Å². The lowest BCUT2D eigenvalue weighted by Gasteiger charge is -1.84. The van der Waals surface area contributed by atoms with Crippen LogP contribution < -0.4 is 0 Å². The Labute approximate surface area is 77.4 Å². The van der Waals surface area contributed by atoms with Crippen molar-refractivity contribution < 1.29 is 4.42 Å². The highest BCUT2D eigenvalue weighted by Gasteiger charge is 2.07. The quantitative estimate of drug-likeness (QED) is 0.697. The summed E-state index contributed by atoms with van der Waals surface area (Å²) in [4.78, 5) is 4.82. The van der Waals surface area contributed by atoms with Crippen LogP contribution in [0.4, 0.5) is 0 Å². The van der Waals surface area contributed by atoms with Gasteiger partial charge in [-0.25, -0.2) is 4.98 Å². The molecule has 0 bridgehead atoms. The third-order valence-corrected chi connectivity index (χ3v) is 2.17. The smallest absolute Gasteiger partial charge is 0.239 e. The van der Waals surface area contributed by atoms with Gasteiger partial charge in [0.1, 0.15) is 10.6 Å². The molecular formula is C6H4ClN3OS. The molecule has 12 heavy (non-hydrogen) atoms. The minimum absolute atomic E-state index is 0.333. The molecule has 2 aromatic heterocycles. The SMILES string of the molecule is ClCc1cnc(-c2cnns2)o1. The zero-order valence-electron chi connectivity index (χ0n) is 5.90. The average Bonchev–Trinajstić information content (AvgIpc) is 2.75. The molecule has 0 atom stereocenters. The number of hydrogen-bond donors (Lipinski definition) is 0. The lowest BCUT2D eigenvalue weighted by molar-refractivity contribution is 0.539. The Hall–Kier alpha value is -0.940. The first-order valence-corrected chi connectivity index (χ1v) is 4.49. The first-order chi connectivity index (χ1) is 5.90. The molecule has 0 spiro atoms. The van der Waals surface area contributed by atoms with Crippen molar-refractivity contribution in [2.45, 2.75) is 5.88 Å². The largest absolute Gasteiger partial charge is 0.439 e. The fraction of sp³-hybridized carbons (Fsp3) is 0.167. The number of halogens is 1. The summed E-state index contributed by atoms with van der Waals surface area (Å²) < 4.78 is 8.96. The van der Waals surface area contributed by atoms with Gasteiger partial charge in [0, 0.05) is 0 Å². The van der Waals surface area contributed by atoms with Gasteiger partial charge < -0.3 is 4.42 Å². The predicted molar refractivity (Wildman–Crippen MR) is 45.0 cm³/mol. The van der Waals surface area contributed by atoms with Crippen molar-refractivity contribution in [2.75, 3.05) is 0 Å². The van der Waals surface area contributed by atoms with Crippen molar-refractivity contribution in [1.29, 1.82) is 0 Å². The maximum atomic E-state index is 5.54. The van der Waals surface area contributed by atoms with E-state index in [1.807, 2.05) is 0 Å². The van der Waals surface area contributed by atoms with Crippen LogP contribution in [0.3, 0.4) is 0 Å². The Morgan fingerprint density at radius 3 is 3.00 bits per heavy atom. The summed E-state index contributed by atoms with van der Waals surface area (Å²) in [6, 6.07) is 0. The van der Waals surface area contributed by atoms with E-state index in [2.05, 4.69) is 14.6 Å². The second-order valence-corrected chi connectivity index (χ2v) is 3.10. The van der Waals surface area contributed by atoms with Gasteiger partial charge in [0.15, 0.2) is 0 Å². The summed E-state index contributed by atoms with van der Waals surface area (Å²) in [5.41, 5.74) is 0. The van der Waals surface area contributed by atoms with Gasteiger partial charge in [0.2, 0.25) is 5.89 Å². The first-order valence-electron chi connectivity index (χ1n) is 3.18. The minimum Gasteiger partial charge on any atom is -0.439 e. The molecule has 0 saturated carbocycles. The van der Waals surface area contributed by atoms with Gasteiger partial charge in [-0.2, -0.15) is 0 Å². The number of alkyl halides is 1. The molecule has 62 valence electrons. The van der Waals surface area contributed by atoms with Gasteiger partial charge in [-0.3, -0.25) is 0 Å². The van der Waals surface area contributed by atoms with E-state index < -0.39 is 0 Å². The number of rotatable bonds is 2. The second-order valence-electron chi connectivity index (χ2n) is 2.05. The van der Waals surface area contributed by atoms with Crippen LogP contribution in [0.1, 0.15) is 5.76 Å². The van der Waals surface area contributed by atoms with Gasteiger partial charge >= 0.3 is 0 Å². The monoisotopic (exact) mass is 201 g/mol. The number of nitrogens with zero attached hydrogens (tertiary/aromatic N) is 3. The molecule has 0 fully saturated rings. The van der Waals surface area contributed by atoms with Gasteiger partial charge in [-0.05, 0) is 11.5 Å². The van der Waals surface area contributed by atoms with E-state index in [-0.39, 0.29) is 0 Å². The van der Waals surface area contributed by atoms with Crippen LogP contribution in [0, 0.1) is 0 Å². The second kappa shape index (κ2) is 3.20. The summed E-state index contributed by atoms with van der Waals surface area (Å²) in [5.74, 6) is 1.51. The summed E-state index contributed by atoms with van der Waals surface area (Å²) in [7, 11) is 0. The van der Waals surface area contributed by atoms with Crippen LogP contribution in [0.25, 0.3) is 10.8 Å². The van der Waals surface area contributed by atoms with Gasteiger partial charge in [-0.1, -0.05) is 4.49 Å². The molecule has 0 unspecified atom stereocenters. The van der Waals surface area contributed by atoms with Crippen molar-refractivity contribution in [2.24, 2.45) is 0 Å². The minimum atomic E-state index is 0.333. The van der Waals surface area contributed by atoms with E-state index in [1.165, 1.54) is 11.5 Å². The molecule has 6 heteroatoms. The van der Waals surface area contributed by atoms with Crippen LogP contribution >= 0.6 is 23.1 Å². The molecular weight excluding hydrogens is 198 g/mol. The molecule has 0 amide bonds. The van der Waals surface area contributed by atoms with Crippen LogP contribution in [-0.4, -0.2) is 14.6 Å². The van der Waals surface area contributed by atoms with Gasteiger partial charge in [-0.15, -0.1) is 16.7 Å². The van der Waals surface area contributed by atoms with Crippen LogP contribution in [0.2, 0.25) is 0 Å². The highest BCUT2D eigenvalue weighted by atomic mass is 35.5. The van der Waals surface area contributed by atoms with Crippen LogP contribution in [-0.2, 0) is 5.88 Å². The third kappa shape index (κ3) is 1.33. The average molecular weight is 202 g/mol. The number of oxazole rings is 1. The van der Waals surface area contributed by atoms with E-state index in [0.29, 0.717) is 17.5 Å². The number of aromatic nitrogens is 3. The van der Waals surface area contributed by atoms with Crippen LogP contribution in [0.15, 0.2) is 16.8 Å². The Morgan fingerprint density at radius 2 is 2.42 bits per heavy atom. The van der Waals surface area contributed by atoms with Crippen molar-refractivity contribution in [1.82, 2.24) is 14.6 Å². The molecule has 0 aliphatic carbocycles. The lowest BCUT2D eigenvalue weighted by atomic mass is 10.6. The van der Waals surface area contributed by atoms with Crippen molar-refractivity contribution in [3.63, 3.8) is 0 Å². The zero-order chi connectivity index (χ0) is 8.39. The highest BCUT2D eigenvalue weighted by Crippen LogP contribution is 2.21. The fourth-order valence-electron chi connectivity index (χ4n) is 0.745. The zero-order valence-corrected chi connectivity index (χ0v) is 7.47. The van der Waals surface area contributed by atoms with Gasteiger partial charge in [0.05, 0.1) is 18.3 Å². The highest BCUT2D eigenvalue weighted by molar-refractivity contribution is 7.09. The van der Waals surface area contributed by atoms with E-state index >= 15 is 0 Å². The molecule has 0 aromatic carbocycles. The molecule has 4 nitrogen and oxygen atoms in total. The van der Waals surface area contributed by atoms with Gasteiger partial charge in [0.25, 0.3) is 0 Å². The normalized spacial score (nSPS) is 10.4. The first kappa shape index (κ1) is 7.70. The molecule has 0 saturated heterocycles. The summed E-state index contributed by atoms with van der Waals surface area (Å²) in [6.07, 6.45) is 3.20. The summed E-state index contributed by atoms with van der Waals surface area (Å²) in [6.45, 7) is 0. The third-order valence-electron chi connectivity index (χ3n) is 1.26. The van der Waals surface area contributed by atoms with E-state index in [4.69, 9.17) is 16.0 Å². The van der Waals surface area contributed by atoms with Crippen molar-refractivity contribution in [3.8, 4) is 10.8 Å². The van der Waals surface area contributed by atoms with Crippen molar-refractivity contribution in [3.05, 3.63) is 18.2 Å². The molecule has 0 N–H and O–H groups in total. The lowest BCUT2D eigenvalue weighted by Crippen LogP contribution is -1.67. The standard InChI is InChI=1S/C6H4ClN3OS/c7-1-4-2-8-6(11-4)5-3-9-10-12-5/h2-3H,1H2. The maximum absolute atomic E-state index is 5.54. The fourth-order valence-corrected chi connectivity index (χ4v) is 1.32. The molecule has 2 heterocycles. The topological polar surface area (TPSA) is 51.8 Å². The van der Waals surface area contributed by atoms with E-state index in [1.54, 1.807) is 12.4 Å². The van der Waals surface area contributed by atoms with E-state index in [9.17, 15) is 0 Å². The maximum Gasteiger partial charge on any atom is 0.239 e. The molecule has 2 aromatic rings. The summed E-state index contributed by atoms with van der Waals surface area (Å²) >= 11 is 6.78. The molecule has 0 aliphatic rings. The van der Waals surface area contributed by atoms with Crippen molar-refractivity contribution >= 4 is 23.1 Å². The Balaban J connectivity index is 2.35. The Bertz CT molecular complexity index is 359. The molecule has 0 aliphatic heterocycles. The molecule has 2 rings (SSSR count). The van der Waals surface area contributed by atoms with Crippen LogP contribution in [0.5, 0.6) is 0 Å². The molecule has 0 radical (unpaired) electrons. The predicted octanol–water partition coefficient (Wildman–Crippen LogP) is 1.93.